The van der Waals surface area contributed by atoms with Crippen LogP contribution in [0.15, 0.2) is 221 Å². The summed E-state index contributed by atoms with van der Waals surface area (Å²) in [6.07, 6.45) is 18.6. The summed E-state index contributed by atoms with van der Waals surface area (Å²) in [5.41, 5.74) is 4.77. The van der Waals surface area contributed by atoms with Crippen molar-refractivity contribution in [2.45, 2.75) is 319 Å². The van der Waals surface area contributed by atoms with E-state index in [1.807, 2.05) is 47.5 Å². The molecule has 4 saturated heterocycles. The first-order valence-electron chi connectivity index (χ1n) is 46.7. The highest BCUT2D eigenvalue weighted by molar-refractivity contribution is 9.11. The van der Waals surface area contributed by atoms with E-state index in [4.69, 9.17) is 69.7 Å². The number of nitrogens with zero attached hydrogens (tertiary/aromatic N) is 1. The molecule has 0 aliphatic carbocycles. The van der Waals surface area contributed by atoms with Crippen LogP contribution in [-0.2, 0) is 73.4 Å². The lowest BCUT2D eigenvalue weighted by Gasteiger charge is -2.49. The molecule has 690 valence electrons. The van der Waals surface area contributed by atoms with Gasteiger partial charge in [0.25, 0.3) is 16.6 Å². The fourth-order valence-corrected chi connectivity index (χ4v) is 34.8. The molecule has 22 heteroatoms. The van der Waals surface area contributed by atoms with E-state index in [1.165, 1.54) is 15.9 Å². The Balaban J connectivity index is 0.938. The number of rotatable bonds is 45. The molecule has 5 aromatic carbocycles. The second-order valence-electron chi connectivity index (χ2n) is 37.8. The van der Waals surface area contributed by atoms with Gasteiger partial charge in [0.2, 0.25) is 5.91 Å². The van der Waals surface area contributed by atoms with E-state index in [9.17, 15) is 0 Å². The van der Waals surface area contributed by atoms with Gasteiger partial charge in [0.15, 0.2) is 28.3 Å². The Kier molecular flexibility index (Phi) is 38.7. The third-order valence-electron chi connectivity index (χ3n) is 27.6. The molecule has 4 aliphatic heterocycles. The van der Waals surface area contributed by atoms with Crippen molar-refractivity contribution in [3.05, 3.63) is 234 Å². The van der Waals surface area contributed by atoms with Gasteiger partial charge in [-0.25, -0.2) is 4.98 Å². The van der Waals surface area contributed by atoms with Crippen LogP contribution in [-0.4, -0.2) is 171 Å². The molecule has 6 aromatic rings. The summed E-state index contributed by atoms with van der Waals surface area (Å²) in [5.74, 6) is -0.471. The summed E-state index contributed by atoms with van der Waals surface area (Å²) in [6, 6.07) is 56.9. The summed E-state index contributed by atoms with van der Waals surface area (Å²) >= 11 is 3.44. The van der Waals surface area contributed by atoms with E-state index in [0.717, 1.165) is 88.4 Å². The first-order valence-corrected chi connectivity index (χ1v) is 56.5. The van der Waals surface area contributed by atoms with Crippen LogP contribution in [0.3, 0.4) is 0 Å². The molecule has 126 heavy (non-hydrogen) atoms. The summed E-state index contributed by atoms with van der Waals surface area (Å²) in [7, 11) is -3.47. The largest absolute Gasteiger partial charge is 0.497 e. The number of carbonyl (C=O) groups excluding carboxylic acids is 1. The number of halogens is 1. The molecule has 0 radical (unpaired) electrons. The molecule has 0 bridgehead atoms. The molecule has 1 aromatic heterocycles. The van der Waals surface area contributed by atoms with Gasteiger partial charge in [-0.3, -0.25) is 4.79 Å². The van der Waals surface area contributed by atoms with Crippen LogP contribution in [0.25, 0.3) is 6.08 Å². The van der Waals surface area contributed by atoms with Crippen LogP contribution in [0.2, 0.25) is 46.3 Å². The van der Waals surface area contributed by atoms with Crippen LogP contribution < -0.4 is 30.8 Å². The Labute approximate surface area is 769 Å². The number of amides is 1. The standard InChI is InChI=1S/C104H151BrN2O15Si4/c1-22-123(23-2,24-3)115-61-59-84-62-76(8)63-85(117-84)66-86-67-87(121-125(102(12,13)14,89-43-32-28-33-44-89)90-45-34-29-35-46-90)68-95(118-86)93(74-116-124(25-4,26-5)27-6)107-98(108)52-40-51-94-78(10)101(114-72-80-54-57-83(110-19)58-55-80)79(11)100(119-94)77(9)65-81-73-113-99(106-81)71-104(112-21)70-88(111-20)69-96(120-104)97(64-75(7)53-56-82(109-18)42-41-60-105)122-126(103(15,16)17,91-47-36-30-37-48-91)92-49-38-31-39-50-92/h28-41,43-50,52-58,60,64-65,73,78-79,82,84-88,93-97,100-101H,8,22-27,42,51,59,61-63,66-72,74H2,1-7,9-21H3,(H,107,108)/b52-40+,56-53+,60-41+,75-64+,77-65+/t78-,79-,82+,84-,85+,86+,87-,88+,93+,94+,95+,96+,97+,100-,101-,104-/m0/s1. The number of carbonyl (C=O) groups is 1. The molecule has 10 rings (SSSR count). The zero-order chi connectivity index (χ0) is 90.9. The van der Waals surface area contributed by atoms with Gasteiger partial charge in [-0.05, 0) is 160 Å². The van der Waals surface area contributed by atoms with E-state index < -0.39 is 69.5 Å². The molecule has 4 aliphatic rings. The molecular weight excluding hydrogens is 1710 g/mol. The van der Waals surface area contributed by atoms with E-state index in [-0.39, 0.29) is 83.1 Å². The first kappa shape index (κ1) is 102. The second kappa shape index (κ2) is 47.8. The van der Waals surface area contributed by atoms with Crippen LogP contribution in [0.5, 0.6) is 5.75 Å². The van der Waals surface area contributed by atoms with Crippen LogP contribution in [0.1, 0.15) is 192 Å². The van der Waals surface area contributed by atoms with E-state index in [0.29, 0.717) is 76.4 Å². The van der Waals surface area contributed by atoms with Crippen LogP contribution in [0.4, 0.5) is 0 Å². The maximum Gasteiger partial charge on any atom is 0.262 e. The second-order valence-corrected chi connectivity index (χ2v) is 56.3. The number of aromatic nitrogens is 1. The number of ether oxygens (including phenoxy) is 9. The number of nitrogens with one attached hydrogen (secondary N) is 1. The van der Waals surface area contributed by atoms with Gasteiger partial charge in [0.1, 0.15) is 17.7 Å². The third-order valence-corrected chi connectivity index (χ3v) is 47.4. The fraction of sp³-hybridized carbons (Fsp3) is 0.558. The number of hydrogen-bond acceptors (Lipinski definition) is 16. The van der Waals surface area contributed by atoms with Crippen molar-refractivity contribution >= 4 is 81.9 Å². The van der Waals surface area contributed by atoms with Crippen molar-refractivity contribution in [2.24, 2.45) is 11.8 Å². The van der Waals surface area contributed by atoms with Gasteiger partial charge in [0, 0.05) is 65.5 Å². The van der Waals surface area contributed by atoms with E-state index in [2.05, 4.69) is 278 Å². The quantitative estimate of drug-likeness (QED) is 0.0165. The Morgan fingerprint density at radius 2 is 1.24 bits per heavy atom. The first-order chi connectivity index (χ1) is 60.5. The molecule has 16 atom stereocenters. The Hall–Kier alpha value is -6.11. The van der Waals surface area contributed by atoms with Crippen molar-refractivity contribution in [3.8, 4) is 5.75 Å². The summed E-state index contributed by atoms with van der Waals surface area (Å²) in [4.78, 5) is 22.3. The van der Waals surface area contributed by atoms with Gasteiger partial charge in [-0.15, -0.1) is 0 Å². The number of allylic oxidation sites excluding steroid dienone is 2. The van der Waals surface area contributed by atoms with Crippen molar-refractivity contribution in [2.75, 3.05) is 41.7 Å². The SMILES string of the molecule is C=C1C[C@H](C[C@@H]2C[C@H](O[Si](c3ccccc3)(c3ccccc3)C(C)(C)C)C[C@H]([C@@H](CO[Si](CC)(CC)CC)NC(=O)/C=C/C[C@H]3O[C@@H](/C(C)=C/c4coc(C[C@]5(OC)C[C@H](OC)C[C@H]([C@@H](/C=C(C)/C=C/[C@@H](C/C=C/Br)OC)O[Si](c6ccccc6)(c6ccccc6)C(C)(C)C)O5)n4)[C@H](C)[C@@H](OCc4ccc(OC)cc4)[C@H]3C)O2)O[C@@H](CCO[Si](CC)(CC)CC)C1. The average molecular weight is 1860 g/mol. The van der Waals surface area contributed by atoms with Gasteiger partial charge < -0.3 is 70.1 Å². The molecular formula is C104H151BrN2O15Si4. The number of methoxy groups -OCH3 is 4. The number of benzene rings is 5. The molecule has 5 heterocycles. The summed E-state index contributed by atoms with van der Waals surface area (Å²) in [5, 5.41) is 7.67. The lowest BCUT2D eigenvalue weighted by molar-refractivity contribution is -0.297. The molecule has 0 saturated carbocycles. The van der Waals surface area contributed by atoms with E-state index >= 15 is 4.79 Å². The minimum atomic E-state index is -3.20. The zero-order valence-corrected chi connectivity index (χ0v) is 85.1. The van der Waals surface area contributed by atoms with Crippen molar-refractivity contribution in [1.82, 2.24) is 10.3 Å². The maximum atomic E-state index is 15.3. The molecule has 17 nitrogen and oxygen atoms in total. The highest BCUT2D eigenvalue weighted by Crippen LogP contribution is 2.46. The molecule has 0 unspecified atom stereocenters. The smallest absolute Gasteiger partial charge is 0.262 e. The van der Waals surface area contributed by atoms with Crippen molar-refractivity contribution < 1.29 is 69.5 Å². The number of hydrogen-bond donors (Lipinski definition) is 1. The molecule has 1 amide bonds. The van der Waals surface area contributed by atoms with Crippen LogP contribution in [0, 0.1) is 11.8 Å². The Morgan fingerprint density at radius 1 is 0.667 bits per heavy atom. The van der Waals surface area contributed by atoms with Gasteiger partial charge in [0.05, 0.1) is 106 Å². The highest BCUT2D eigenvalue weighted by Gasteiger charge is 2.56. The maximum absolute atomic E-state index is 15.3. The van der Waals surface area contributed by atoms with Crippen molar-refractivity contribution in [1.29, 1.82) is 0 Å². The molecule has 4 fully saturated rings. The van der Waals surface area contributed by atoms with Gasteiger partial charge >= 0.3 is 0 Å². The monoisotopic (exact) mass is 1860 g/mol. The molecule has 1 N–H and O–H groups in total. The number of oxazole rings is 1. The summed E-state index contributed by atoms with van der Waals surface area (Å²) in [6.45, 7) is 42.1. The van der Waals surface area contributed by atoms with Crippen molar-refractivity contribution in [3.63, 3.8) is 0 Å². The fourth-order valence-electron chi connectivity index (χ4n) is 19.9. The van der Waals surface area contributed by atoms with Crippen LogP contribution >= 0.6 is 15.9 Å². The van der Waals surface area contributed by atoms with E-state index in [1.54, 1.807) is 40.8 Å². The Morgan fingerprint density at radius 3 is 1.79 bits per heavy atom. The summed E-state index contributed by atoms with van der Waals surface area (Å²) < 4.78 is 97.8. The zero-order valence-electron chi connectivity index (χ0n) is 79.5. The molecule has 0 spiro atoms. The third kappa shape index (κ3) is 26.2. The topological polar surface area (TPSA) is 175 Å². The minimum Gasteiger partial charge on any atom is -0.497 e. The van der Waals surface area contributed by atoms with Gasteiger partial charge in [-0.2, -0.15) is 0 Å². The predicted octanol–water partition coefficient (Wildman–Crippen LogP) is 21.4. The normalized spacial score (nSPS) is 24.9. The Bertz CT molecular complexity index is 4340. The van der Waals surface area contributed by atoms with Gasteiger partial charge in [-0.1, -0.05) is 294 Å². The lowest BCUT2D eigenvalue weighted by atomic mass is 9.79. The lowest BCUT2D eigenvalue weighted by Crippen LogP contribution is -2.69. The highest BCUT2D eigenvalue weighted by atomic mass is 79.9. The predicted molar refractivity (Wildman–Crippen MR) is 525 cm³/mol. The minimum absolute atomic E-state index is 0.00191. The average Bonchev–Trinajstić information content (AvgIpc) is 0.792.